The molecule has 2 heterocycles. The molecule has 94 valence electrons. The molecule has 0 aromatic carbocycles. The van der Waals surface area contributed by atoms with Crippen LogP contribution in [0.5, 0.6) is 0 Å². The summed E-state index contributed by atoms with van der Waals surface area (Å²) in [5, 5.41) is 11.9. The Bertz CT molecular complexity index is 396. The molecular formula is C12H21N5. The number of nitrogens with zero attached hydrogens (tertiary/aromatic N) is 4. The molecule has 1 aliphatic heterocycles. The number of hydrogen-bond donors (Lipinski definition) is 1. The maximum atomic E-state index is 4.18. The quantitative estimate of drug-likeness (QED) is 0.823. The summed E-state index contributed by atoms with van der Waals surface area (Å²) in [6, 6.07) is 1.53. The van der Waals surface area contributed by atoms with Gasteiger partial charge in [0.05, 0.1) is 6.54 Å². The molecule has 2 aliphatic rings. The third kappa shape index (κ3) is 2.35. The van der Waals surface area contributed by atoms with Crippen LogP contribution in [-0.4, -0.2) is 44.8 Å². The highest BCUT2D eigenvalue weighted by molar-refractivity contribution is 4.95. The van der Waals surface area contributed by atoms with Gasteiger partial charge in [0.2, 0.25) is 0 Å². The second-order valence-corrected chi connectivity index (χ2v) is 5.32. The van der Waals surface area contributed by atoms with Gasteiger partial charge in [-0.25, -0.2) is 0 Å². The molecule has 1 atom stereocenters. The summed E-state index contributed by atoms with van der Waals surface area (Å²) in [6.07, 6.45) is 4.09. The van der Waals surface area contributed by atoms with Gasteiger partial charge in [-0.15, -0.1) is 10.2 Å². The molecule has 1 N–H and O–H groups in total. The molecule has 17 heavy (non-hydrogen) atoms. The SMILES string of the molecule is Cc1nnc(CNC2CCN(C3CC3)C2)n1C. The van der Waals surface area contributed by atoms with Gasteiger partial charge in [0.15, 0.2) is 0 Å². The Labute approximate surface area is 102 Å². The summed E-state index contributed by atoms with van der Waals surface area (Å²) in [4.78, 5) is 2.62. The molecule has 0 amide bonds. The highest BCUT2D eigenvalue weighted by atomic mass is 15.3. The van der Waals surface area contributed by atoms with Crippen LogP contribution < -0.4 is 5.32 Å². The number of aromatic nitrogens is 3. The van der Waals surface area contributed by atoms with Crippen molar-refractivity contribution in [2.75, 3.05) is 13.1 Å². The Morgan fingerprint density at radius 3 is 2.76 bits per heavy atom. The van der Waals surface area contributed by atoms with Crippen molar-refractivity contribution in [2.24, 2.45) is 7.05 Å². The van der Waals surface area contributed by atoms with Crippen molar-refractivity contribution in [3.63, 3.8) is 0 Å². The molecule has 0 spiro atoms. The van der Waals surface area contributed by atoms with E-state index in [1.165, 1.54) is 32.4 Å². The number of aryl methyl sites for hydroxylation is 1. The molecule has 0 radical (unpaired) electrons. The Morgan fingerprint density at radius 1 is 1.29 bits per heavy atom. The van der Waals surface area contributed by atoms with Gasteiger partial charge < -0.3 is 9.88 Å². The first kappa shape index (κ1) is 11.2. The van der Waals surface area contributed by atoms with Gasteiger partial charge >= 0.3 is 0 Å². The second-order valence-electron chi connectivity index (χ2n) is 5.32. The summed E-state index contributed by atoms with van der Waals surface area (Å²) in [5.74, 6) is 2.01. The van der Waals surface area contributed by atoms with Crippen LogP contribution in [0.4, 0.5) is 0 Å². The van der Waals surface area contributed by atoms with E-state index in [0.29, 0.717) is 6.04 Å². The predicted octanol–water partition coefficient (Wildman–Crippen LogP) is 0.450. The van der Waals surface area contributed by atoms with Gasteiger partial charge in [-0.3, -0.25) is 4.90 Å². The van der Waals surface area contributed by atoms with Crippen molar-refractivity contribution in [1.29, 1.82) is 0 Å². The van der Waals surface area contributed by atoms with Crippen LogP contribution in [0.15, 0.2) is 0 Å². The third-order valence-electron chi connectivity index (χ3n) is 4.01. The predicted molar refractivity (Wildman–Crippen MR) is 65.6 cm³/mol. The smallest absolute Gasteiger partial charge is 0.146 e. The molecule has 1 unspecified atom stereocenters. The van der Waals surface area contributed by atoms with E-state index in [0.717, 1.165) is 24.2 Å². The Morgan fingerprint density at radius 2 is 2.12 bits per heavy atom. The summed E-state index contributed by atoms with van der Waals surface area (Å²) < 4.78 is 2.06. The van der Waals surface area contributed by atoms with Crippen molar-refractivity contribution in [2.45, 2.75) is 44.8 Å². The van der Waals surface area contributed by atoms with Crippen LogP contribution in [0.25, 0.3) is 0 Å². The monoisotopic (exact) mass is 235 g/mol. The molecule has 0 bridgehead atoms. The standard InChI is InChI=1S/C12H21N5/c1-9-14-15-12(16(9)2)7-13-10-5-6-17(8-10)11-3-4-11/h10-11,13H,3-8H2,1-2H3. The lowest BCUT2D eigenvalue weighted by Gasteiger charge is -2.15. The van der Waals surface area contributed by atoms with E-state index in [4.69, 9.17) is 0 Å². The average molecular weight is 235 g/mol. The van der Waals surface area contributed by atoms with E-state index >= 15 is 0 Å². The topological polar surface area (TPSA) is 46.0 Å². The van der Waals surface area contributed by atoms with Crippen molar-refractivity contribution in [1.82, 2.24) is 25.0 Å². The van der Waals surface area contributed by atoms with Crippen LogP contribution >= 0.6 is 0 Å². The molecule has 1 saturated carbocycles. The fraction of sp³-hybridized carbons (Fsp3) is 0.833. The van der Waals surface area contributed by atoms with Gasteiger partial charge in [-0.1, -0.05) is 0 Å². The lowest BCUT2D eigenvalue weighted by atomic mass is 10.2. The van der Waals surface area contributed by atoms with E-state index < -0.39 is 0 Å². The fourth-order valence-electron chi connectivity index (χ4n) is 2.57. The zero-order valence-electron chi connectivity index (χ0n) is 10.7. The van der Waals surface area contributed by atoms with Crippen LogP contribution in [0.1, 0.15) is 30.9 Å². The highest BCUT2D eigenvalue weighted by Gasteiger charge is 2.34. The van der Waals surface area contributed by atoms with Crippen LogP contribution in [0.2, 0.25) is 0 Å². The van der Waals surface area contributed by atoms with E-state index in [1.807, 2.05) is 14.0 Å². The molecule has 3 rings (SSSR count). The maximum Gasteiger partial charge on any atom is 0.146 e. The first-order chi connectivity index (χ1) is 8.24. The second kappa shape index (κ2) is 4.38. The summed E-state index contributed by atoms with van der Waals surface area (Å²) in [6.45, 7) is 5.29. The molecule has 5 heteroatoms. The normalized spacial score (nSPS) is 25.6. The molecule has 5 nitrogen and oxygen atoms in total. The van der Waals surface area contributed by atoms with Crippen LogP contribution in [-0.2, 0) is 13.6 Å². The zero-order chi connectivity index (χ0) is 11.8. The molecular weight excluding hydrogens is 214 g/mol. The lowest BCUT2D eigenvalue weighted by molar-refractivity contribution is 0.317. The van der Waals surface area contributed by atoms with Crippen molar-refractivity contribution < 1.29 is 0 Å². The number of hydrogen-bond acceptors (Lipinski definition) is 4. The zero-order valence-corrected chi connectivity index (χ0v) is 10.7. The molecule has 1 aromatic heterocycles. The van der Waals surface area contributed by atoms with E-state index in [1.54, 1.807) is 0 Å². The van der Waals surface area contributed by atoms with E-state index in [2.05, 4.69) is 25.0 Å². The molecule has 1 aliphatic carbocycles. The highest BCUT2D eigenvalue weighted by Crippen LogP contribution is 2.29. The van der Waals surface area contributed by atoms with E-state index in [9.17, 15) is 0 Å². The fourth-order valence-corrected chi connectivity index (χ4v) is 2.57. The van der Waals surface area contributed by atoms with Gasteiger partial charge in [0, 0.05) is 32.2 Å². The van der Waals surface area contributed by atoms with Crippen LogP contribution in [0, 0.1) is 6.92 Å². The van der Waals surface area contributed by atoms with Gasteiger partial charge in [0.1, 0.15) is 11.6 Å². The van der Waals surface area contributed by atoms with Crippen molar-refractivity contribution in [3.05, 3.63) is 11.6 Å². The molecule has 1 aromatic rings. The first-order valence-electron chi connectivity index (χ1n) is 6.56. The summed E-state index contributed by atoms with van der Waals surface area (Å²) in [7, 11) is 2.03. The molecule has 1 saturated heterocycles. The van der Waals surface area contributed by atoms with Crippen molar-refractivity contribution in [3.8, 4) is 0 Å². The first-order valence-corrected chi connectivity index (χ1v) is 6.56. The van der Waals surface area contributed by atoms with Crippen LogP contribution in [0.3, 0.4) is 0 Å². The minimum atomic E-state index is 0.632. The maximum absolute atomic E-state index is 4.18. The lowest BCUT2D eigenvalue weighted by Crippen LogP contribution is -2.33. The van der Waals surface area contributed by atoms with Gasteiger partial charge in [0.25, 0.3) is 0 Å². The number of nitrogens with one attached hydrogen (secondary N) is 1. The van der Waals surface area contributed by atoms with Gasteiger partial charge in [-0.2, -0.15) is 0 Å². The summed E-state index contributed by atoms with van der Waals surface area (Å²) >= 11 is 0. The van der Waals surface area contributed by atoms with E-state index in [-0.39, 0.29) is 0 Å². The number of rotatable bonds is 4. The third-order valence-corrected chi connectivity index (χ3v) is 4.01. The average Bonchev–Trinajstić information content (AvgIpc) is 3.00. The number of likely N-dealkylation sites (tertiary alicyclic amines) is 1. The van der Waals surface area contributed by atoms with Crippen molar-refractivity contribution >= 4 is 0 Å². The summed E-state index contributed by atoms with van der Waals surface area (Å²) in [5.41, 5.74) is 0. The Hall–Kier alpha value is -0.940. The molecule has 2 fully saturated rings. The Kier molecular flexibility index (Phi) is 2.88. The Balaban J connectivity index is 1.50. The largest absolute Gasteiger partial charge is 0.317 e. The van der Waals surface area contributed by atoms with Gasteiger partial charge in [-0.05, 0) is 26.2 Å². The minimum absolute atomic E-state index is 0.632. The minimum Gasteiger partial charge on any atom is -0.317 e.